The van der Waals surface area contributed by atoms with Gasteiger partial charge in [0.1, 0.15) is 34.0 Å². The number of hydrogen-bond donors (Lipinski definition) is 0. The maximum absolute atomic E-state index is 12.8. The van der Waals surface area contributed by atoms with Gasteiger partial charge in [0.15, 0.2) is 5.43 Å². The lowest BCUT2D eigenvalue weighted by Crippen LogP contribution is -2.06. The first-order chi connectivity index (χ1) is 12.6. The quantitative estimate of drug-likeness (QED) is 0.622. The highest BCUT2D eigenvalue weighted by Crippen LogP contribution is 2.36. The molecule has 0 amide bonds. The normalized spacial score (nSPS) is 10.6. The third kappa shape index (κ3) is 3.04. The van der Waals surface area contributed by atoms with Gasteiger partial charge in [-0.05, 0) is 30.7 Å². The third-order valence-corrected chi connectivity index (χ3v) is 4.19. The van der Waals surface area contributed by atoms with Crippen molar-refractivity contribution in [2.45, 2.75) is 6.42 Å². The molecule has 3 aromatic rings. The molecule has 0 saturated heterocycles. The number of allylic oxidation sites excluding steroid dienone is 1. The van der Waals surface area contributed by atoms with E-state index in [0.29, 0.717) is 34.6 Å². The van der Waals surface area contributed by atoms with Crippen molar-refractivity contribution in [3.63, 3.8) is 0 Å². The van der Waals surface area contributed by atoms with Crippen LogP contribution in [0.25, 0.3) is 22.3 Å². The topological polar surface area (TPSA) is 57.9 Å². The third-order valence-electron chi connectivity index (χ3n) is 4.19. The summed E-state index contributed by atoms with van der Waals surface area (Å²) < 4.78 is 22.1. The van der Waals surface area contributed by atoms with Gasteiger partial charge in [-0.2, -0.15) is 0 Å². The first-order valence-electron chi connectivity index (χ1n) is 8.10. The molecule has 0 radical (unpaired) electrons. The maximum atomic E-state index is 12.8. The molecule has 0 aliphatic rings. The van der Waals surface area contributed by atoms with Gasteiger partial charge in [-0.3, -0.25) is 4.79 Å². The second kappa shape index (κ2) is 7.35. The van der Waals surface area contributed by atoms with Crippen molar-refractivity contribution in [1.82, 2.24) is 0 Å². The van der Waals surface area contributed by atoms with Gasteiger partial charge < -0.3 is 18.6 Å². The van der Waals surface area contributed by atoms with E-state index in [1.54, 1.807) is 26.4 Å². The van der Waals surface area contributed by atoms with Crippen LogP contribution in [0.3, 0.4) is 0 Å². The molecule has 5 nitrogen and oxygen atoms in total. The van der Waals surface area contributed by atoms with Gasteiger partial charge in [0.05, 0.1) is 21.3 Å². The van der Waals surface area contributed by atoms with Crippen molar-refractivity contribution in [3.05, 3.63) is 64.8 Å². The molecule has 0 N–H and O–H groups in total. The number of fused-ring (bicyclic) bond motifs is 1. The van der Waals surface area contributed by atoms with Crippen molar-refractivity contribution < 1.29 is 18.6 Å². The van der Waals surface area contributed by atoms with E-state index in [0.717, 1.165) is 16.9 Å². The Labute approximate surface area is 151 Å². The molecule has 1 aromatic heterocycles. The van der Waals surface area contributed by atoms with E-state index in [-0.39, 0.29) is 5.43 Å². The highest BCUT2D eigenvalue weighted by molar-refractivity contribution is 5.89. The molecular weight excluding hydrogens is 332 g/mol. The van der Waals surface area contributed by atoms with E-state index in [1.807, 2.05) is 24.3 Å². The predicted octanol–water partition coefficient (Wildman–Crippen LogP) is 4.21. The molecule has 134 valence electrons. The van der Waals surface area contributed by atoms with E-state index >= 15 is 0 Å². The van der Waals surface area contributed by atoms with Crippen LogP contribution in [-0.2, 0) is 6.42 Å². The van der Waals surface area contributed by atoms with E-state index in [4.69, 9.17) is 18.6 Å². The molecule has 2 aromatic carbocycles. The van der Waals surface area contributed by atoms with E-state index in [2.05, 4.69) is 6.58 Å². The Morgan fingerprint density at radius 1 is 1.00 bits per heavy atom. The minimum Gasteiger partial charge on any atom is -0.497 e. The van der Waals surface area contributed by atoms with E-state index in [9.17, 15) is 4.79 Å². The lowest BCUT2D eigenvalue weighted by atomic mass is 10.0. The van der Waals surface area contributed by atoms with Gasteiger partial charge in [-0.1, -0.05) is 6.08 Å². The van der Waals surface area contributed by atoms with Crippen molar-refractivity contribution >= 4 is 11.0 Å². The standard InChI is InChI=1S/C21H20O5/c1-5-6-15-18(24-3)12-19(25-4)20-16(22)11-17(26-21(15)20)13-7-9-14(23-2)10-8-13/h5,7-12H,1,6H2,2-4H3. The lowest BCUT2D eigenvalue weighted by molar-refractivity contribution is 0.393. The highest BCUT2D eigenvalue weighted by atomic mass is 16.5. The van der Waals surface area contributed by atoms with Crippen molar-refractivity contribution in [1.29, 1.82) is 0 Å². The molecule has 0 aliphatic heterocycles. The monoisotopic (exact) mass is 352 g/mol. The summed E-state index contributed by atoms with van der Waals surface area (Å²) in [5, 5.41) is 0.391. The SMILES string of the molecule is C=CCc1c(OC)cc(OC)c2c(=O)cc(-c3ccc(OC)cc3)oc12. The minimum absolute atomic E-state index is 0.179. The maximum Gasteiger partial charge on any atom is 0.197 e. The Kier molecular flexibility index (Phi) is 4.98. The zero-order valence-corrected chi connectivity index (χ0v) is 15.0. The van der Waals surface area contributed by atoms with Crippen LogP contribution in [0, 0.1) is 0 Å². The zero-order chi connectivity index (χ0) is 18.7. The molecule has 5 heteroatoms. The fourth-order valence-corrected chi connectivity index (χ4v) is 2.91. The first kappa shape index (κ1) is 17.6. The Balaban J connectivity index is 2.32. The summed E-state index contributed by atoms with van der Waals surface area (Å²) in [5.41, 5.74) is 1.79. The Morgan fingerprint density at radius 3 is 2.27 bits per heavy atom. The van der Waals surface area contributed by atoms with Gasteiger partial charge >= 0.3 is 0 Å². The van der Waals surface area contributed by atoms with Crippen LogP contribution in [0.5, 0.6) is 17.2 Å². The van der Waals surface area contributed by atoms with Crippen LogP contribution in [0.15, 0.2) is 58.3 Å². The van der Waals surface area contributed by atoms with Gasteiger partial charge in [-0.25, -0.2) is 0 Å². The molecule has 3 rings (SSSR count). The molecule has 0 saturated carbocycles. The smallest absolute Gasteiger partial charge is 0.197 e. The summed E-state index contributed by atoms with van der Waals surface area (Å²) in [4.78, 5) is 12.8. The van der Waals surface area contributed by atoms with Crippen LogP contribution in [0.4, 0.5) is 0 Å². The van der Waals surface area contributed by atoms with Gasteiger partial charge in [0.2, 0.25) is 0 Å². The second-order valence-electron chi connectivity index (χ2n) is 5.66. The average molecular weight is 352 g/mol. The van der Waals surface area contributed by atoms with Crippen molar-refractivity contribution in [3.8, 4) is 28.6 Å². The molecule has 0 unspecified atom stereocenters. The molecular formula is C21H20O5. The average Bonchev–Trinajstić information content (AvgIpc) is 2.68. The highest BCUT2D eigenvalue weighted by Gasteiger charge is 2.19. The van der Waals surface area contributed by atoms with Crippen molar-refractivity contribution in [2.24, 2.45) is 0 Å². The van der Waals surface area contributed by atoms with Gasteiger partial charge in [0, 0.05) is 23.3 Å². The van der Waals surface area contributed by atoms with Crippen LogP contribution in [0.2, 0.25) is 0 Å². The Morgan fingerprint density at radius 2 is 1.69 bits per heavy atom. The molecule has 0 fully saturated rings. The number of methoxy groups -OCH3 is 3. The fraction of sp³-hybridized carbons (Fsp3) is 0.190. The Hall–Kier alpha value is -3.21. The van der Waals surface area contributed by atoms with Crippen LogP contribution in [-0.4, -0.2) is 21.3 Å². The van der Waals surface area contributed by atoms with Crippen molar-refractivity contribution in [2.75, 3.05) is 21.3 Å². The summed E-state index contributed by atoms with van der Waals surface area (Å²) >= 11 is 0. The van der Waals surface area contributed by atoms with Crippen LogP contribution in [0.1, 0.15) is 5.56 Å². The number of hydrogen-bond acceptors (Lipinski definition) is 5. The summed E-state index contributed by atoms with van der Waals surface area (Å²) in [6.07, 6.45) is 2.24. The first-order valence-corrected chi connectivity index (χ1v) is 8.10. The number of benzene rings is 2. The second-order valence-corrected chi connectivity index (χ2v) is 5.66. The summed E-state index contributed by atoms with van der Waals surface area (Å²) in [6.45, 7) is 3.78. The van der Waals surface area contributed by atoms with Crippen LogP contribution < -0.4 is 19.6 Å². The zero-order valence-electron chi connectivity index (χ0n) is 15.0. The molecule has 0 spiro atoms. The lowest BCUT2D eigenvalue weighted by Gasteiger charge is -2.14. The largest absolute Gasteiger partial charge is 0.497 e. The number of ether oxygens (including phenoxy) is 3. The summed E-state index contributed by atoms with van der Waals surface area (Å²) in [7, 11) is 4.68. The molecule has 1 heterocycles. The summed E-state index contributed by atoms with van der Waals surface area (Å²) in [5.74, 6) is 2.20. The molecule has 0 bridgehead atoms. The molecule has 0 atom stereocenters. The number of rotatable bonds is 6. The molecule has 0 aliphatic carbocycles. The Bertz CT molecular complexity index is 1000. The van der Waals surface area contributed by atoms with Crippen LogP contribution >= 0.6 is 0 Å². The van der Waals surface area contributed by atoms with Gasteiger partial charge in [0.25, 0.3) is 0 Å². The van der Waals surface area contributed by atoms with E-state index in [1.165, 1.54) is 13.2 Å². The predicted molar refractivity (Wildman–Crippen MR) is 101 cm³/mol. The minimum atomic E-state index is -0.179. The summed E-state index contributed by atoms with van der Waals surface area (Å²) in [6, 6.07) is 10.5. The molecule has 26 heavy (non-hydrogen) atoms. The fourth-order valence-electron chi connectivity index (χ4n) is 2.91. The van der Waals surface area contributed by atoms with Gasteiger partial charge in [-0.15, -0.1) is 6.58 Å². The van der Waals surface area contributed by atoms with E-state index < -0.39 is 0 Å².